The average Bonchev–Trinajstić information content (AvgIpc) is 2.97. The summed E-state index contributed by atoms with van der Waals surface area (Å²) >= 11 is 1.68. The normalized spacial score (nSPS) is 10.4. The van der Waals surface area contributed by atoms with Crippen LogP contribution in [0.15, 0.2) is 42.7 Å². The highest BCUT2D eigenvalue weighted by molar-refractivity contribution is 7.99. The lowest BCUT2D eigenvalue weighted by Gasteiger charge is -2.15. The predicted molar refractivity (Wildman–Crippen MR) is 82.5 cm³/mol. The Morgan fingerprint density at radius 1 is 1.35 bits per heavy atom. The van der Waals surface area contributed by atoms with Gasteiger partial charge in [-0.15, -0.1) is 0 Å². The van der Waals surface area contributed by atoms with Gasteiger partial charge < -0.3 is 9.88 Å². The largest absolute Gasteiger partial charge is 0.347 e. The van der Waals surface area contributed by atoms with E-state index in [1.54, 1.807) is 29.1 Å². The van der Waals surface area contributed by atoms with Crippen LogP contribution in [0.2, 0.25) is 0 Å². The van der Waals surface area contributed by atoms with Crippen molar-refractivity contribution in [3.8, 4) is 0 Å². The number of imidazole rings is 1. The zero-order chi connectivity index (χ0) is 14.2. The van der Waals surface area contributed by atoms with Crippen LogP contribution in [0.25, 0.3) is 0 Å². The molecule has 2 rings (SSSR count). The van der Waals surface area contributed by atoms with Gasteiger partial charge in [-0.3, -0.25) is 4.79 Å². The van der Waals surface area contributed by atoms with Gasteiger partial charge >= 0.3 is 0 Å². The van der Waals surface area contributed by atoms with Crippen LogP contribution in [0.5, 0.6) is 0 Å². The van der Waals surface area contributed by atoms with E-state index in [0.29, 0.717) is 12.3 Å². The lowest BCUT2D eigenvalue weighted by molar-refractivity contribution is -0.127. The van der Waals surface area contributed by atoms with Crippen molar-refractivity contribution in [1.29, 1.82) is 0 Å². The fraction of sp³-hybridized carbons (Fsp3) is 0.333. The van der Waals surface area contributed by atoms with Gasteiger partial charge in [-0.2, -0.15) is 11.8 Å². The molecular weight excluding hydrogens is 270 g/mol. The van der Waals surface area contributed by atoms with Gasteiger partial charge in [-0.05, 0) is 17.7 Å². The van der Waals surface area contributed by atoms with Crippen molar-refractivity contribution in [2.24, 2.45) is 0 Å². The molecule has 106 valence electrons. The number of carbonyl (C=O) groups excluding carboxylic acids is 1. The van der Waals surface area contributed by atoms with E-state index in [9.17, 15) is 4.79 Å². The van der Waals surface area contributed by atoms with E-state index in [0.717, 1.165) is 18.0 Å². The molecule has 0 aliphatic heterocycles. The molecule has 2 aromatic rings. The first-order valence-electron chi connectivity index (χ1n) is 6.59. The first-order chi connectivity index (χ1) is 9.75. The Hall–Kier alpha value is -1.75. The Balaban J connectivity index is 1.65. The molecule has 1 aromatic heterocycles. The van der Waals surface area contributed by atoms with Crippen LogP contribution in [0, 0.1) is 0 Å². The van der Waals surface area contributed by atoms with Crippen molar-refractivity contribution in [3.63, 3.8) is 0 Å². The van der Waals surface area contributed by atoms with Gasteiger partial charge in [0.05, 0.1) is 12.3 Å². The van der Waals surface area contributed by atoms with E-state index >= 15 is 0 Å². The third-order valence-electron chi connectivity index (χ3n) is 2.97. The fourth-order valence-corrected chi connectivity index (χ4v) is 2.72. The summed E-state index contributed by atoms with van der Waals surface area (Å²) in [5.74, 6) is 2.43. The predicted octanol–water partition coefficient (Wildman–Crippen LogP) is 2.34. The first-order valence-corrected chi connectivity index (χ1v) is 7.75. The highest BCUT2D eigenvalue weighted by Crippen LogP contribution is 2.08. The first kappa shape index (κ1) is 14.7. The Morgan fingerprint density at radius 3 is 2.85 bits per heavy atom. The average molecular weight is 289 g/mol. The zero-order valence-corrected chi connectivity index (χ0v) is 12.4. The molecule has 0 fully saturated rings. The maximum atomic E-state index is 11.9. The number of carbonyl (C=O) groups is 1. The quantitative estimate of drug-likeness (QED) is 0.796. The summed E-state index contributed by atoms with van der Waals surface area (Å²) in [5.41, 5.74) is 1.32. The highest BCUT2D eigenvalue weighted by atomic mass is 32.2. The fourth-order valence-electron chi connectivity index (χ4n) is 1.80. The number of hydrogen-bond donors (Lipinski definition) is 1. The maximum absolute atomic E-state index is 11.9. The Kier molecular flexibility index (Phi) is 5.68. The van der Waals surface area contributed by atoms with E-state index in [-0.39, 0.29) is 5.91 Å². The molecule has 0 saturated heterocycles. The van der Waals surface area contributed by atoms with Crippen LogP contribution in [0.3, 0.4) is 0 Å². The van der Waals surface area contributed by atoms with E-state index in [1.165, 1.54) is 5.56 Å². The van der Waals surface area contributed by atoms with Crippen molar-refractivity contribution < 1.29 is 4.79 Å². The molecule has 5 heteroatoms. The van der Waals surface area contributed by atoms with Crippen LogP contribution in [-0.4, -0.2) is 39.3 Å². The van der Waals surface area contributed by atoms with Gasteiger partial charge in [-0.1, -0.05) is 30.3 Å². The second-order valence-electron chi connectivity index (χ2n) is 4.57. The van der Waals surface area contributed by atoms with Crippen molar-refractivity contribution in [3.05, 3.63) is 54.1 Å². The van der Waals surface area contributed by atoms with E-state index in [1.807, 2.05) is 25.2 Å². The number of aryl methyl sites for hydroxylation is 1. The molecule has 0 aliphatic carbocycles. The van der Waals surface area contributed by atoms with Crippen molar-refractivity contribution in [2.75, 3.05) is 18.6 Å². The summed E-state index contributed by atoms with van der Waals surface area (Å²) in [6.07, 6.45) is 4.46. The molecule has 1 heterocycles. The molecule has 0 bridgehead atoms. The lowest BCUT2D eigenvalue weighted by atomic mass is 10.2. The minimum atomic E-state index is 0.138. The second-order valence-corrected chi connectivity index (χ2v) is 5.68. The highest BCUT2D eigenvalue weighted by Gasteiger charge is 2.10. The van der Waals surface area contributed by atoms with Gasteiger partial charge in [0.15, 0.2) is 0 Å². The summed E-state index contributed by atoms with van der Waals surface area (Å²) < 4.78 is 0. The lowest BCUT2D eigenvalue weighted by Crippen LogP contribution is -2.28. The number of aromatic amines is 1. The minimum Gasteiger partial charge on any atom is -0.347 e. The number of thioether (sulfide) groups is 1. The Bertz CT molecular complexity index is 513. The Morgan fingerprint density at radius 2 is 2.15 bits per heavy atom. The standard InChI is InChI=1S/C15H19N3OS/c1-18(11-14-16-8-9-17-14)15(19)12-20-10-7-13-5-3-2-4-6-13/h2-6,8-9H,7,10-12H2,1H3,(H,16,17). The van der Waals surface area contributed by atoms with Crippen LogP contribution in [0.1, 0.15) is 11.4 Å². The van der Waals surface area contributed by atoms with Crippen LogP contribution in [-0.2, 0) is 17.8 Å². The molecule has 0 unspecified atom stereocenters. The SMILES string of the molecule is CN(Cc1ncc[nH]1)C(=O)CSCCc1ccccc1. The Labute approximate surface area is 123 Å². The number of nitrogens with zero attached hydrogens (tertiary/aromatic N) is 2. The smallest absolute Gasteiger partial charge is 0.232 e. The second kappa shape index (κ2) is 7.75. The van der Waals surface area contributed by atoms with E-state index < -0.39 is 0 Å². The molecular formula is C15H19N3OS. The molecule has 20 heavy (non-hydrogen) atoms. The van der Waals surface area contributed by atoms with Crippen LogP contribution >= 0.6 is 11.8 Å². The summed E-state index contributed by atoms with van der Waals surface area (Å²) in [4.78, 5) is 20.8. The third-order valence-corrected chi connectivity index (χ3v) is 3.91. The van der Waals surface area contributed by atoms with Crippen molar-refractivity contribution >= 4 is 17.7 Å². The maximum Gasteiger partial charge on any atom is 0.232 e. The summed E-state index contributed by atoms with van der Waals surface area (Å²) in [5, 5.41) is 0. The number of benzene rings is 1. The molecule has 1 N–H and O–H groups in total. The van der Waals surface area contributed by atoms with Gasteiger partial charge in [0.2, 0.25) is 5.91 Å². The van der Waals surface area contributed by atoms with Gasteiger partial charge in [-0.25, -0.2) is 4.98 Å². The zero-order valence-electron chi connectivity index (χ0n) is 11.6. The van der Waals surface area contributed by atoms with Gasteiger partial charge in [0, 0.05) is 19.4 Å². The molecule has 0 radical (unpaired) electrons. The molecule has 0 spiro atoms. The third kappa shape index (κ3) is 4.74. The van der Waals surface area contributed by atoms with Crippen molar-refractivity contribution in [1.82, 2.24) is 14.9 Å². The summed E-state index contributed by atoms with van der Waals surface area (Å²) in [6, 6.07) is 10.3. The number of hydrogen-bond acceptors (Lipinski definition) is 3. The molecule has 1 amide bonds. The molecule has 1 aromatic carbocycles. The van der Waals surface area contributed by atoms with Crippen LogP contribution in [0.4, 0.5) is 0 Å². The van der Waals surface area contributed by atoms with Gasteiger partial charge in [0.1, 0.15) is 5.82 Å². The molecule has 0 aliphatic rings. The summed E-state index contributed by atoms with van der Waals surface area (Å²) in [6.45, 7) is 0.533. The monoisotopic (exact) mass is 289 g/mol. The number of H-pyrrole nitrogens is 1. The van der Waals surface area contributed by atoms with Gasteiger partial charge in [0.25, 0.3) is 0 Å². The van der Waals surface area contributed by atoms with E-state index in [4.69, 9.17) is 0 Å². The van der Waals surface area contributed by atoms with Crippen LogP contribution < -0.4 is 0 Å². The van der Waals surface area contributed by atoms with E-state index in [2.05, 4.69) is 22.1 Å². The molecule has 0 saturated carbocycles. The number of nitrogens with one attached hydrogen (secondary N) is 1. The summed E-state index contributed by atoms with van der Waals surface area (Å²) in [7, 11) is 1.81. The topological polar surface area (TPSA) is 49.0 Å². The number of rotatable bonds is 7. The van der Waals surface area contributed by atoms with Crippen molar-refractivity contribution in [2.45, 2.75) is 13.0 Å². The number of amides is 1. The molecule has 0 atom stereocenters. The number of aromatic nitrogens is 2. The minimum absolute atomic E-state index is 0.138. The molecule has 4 nitrogen and oxygen atoms in total.